The van der Waals surface area contributed by atoms with Crippen LogP contribution < -0.4 is 5.56 Å². The van der Waals surface area contributed by atoms with E-state index in [1.807, 2.05) is 13.0 Å². The van der Waals surface area contributed by atoms with E-state index in [0.29, 0.717) is 25.4 Å². The fourth-order valence-electron chi connectivity index (χ4n) is 2.86. The fraction of sp³-hybridized carbons (Fsp3) is 0.438. The van der Waals surface area contributed by atoms with Crippen LogP contribution in [0.5, 0.6) is 0 Å². The average Bonchev–Trinajstić information content (AvgIpc) is 3.01. The highest BCUT2D eigenvalue weighted by atomic mass is 16.5. The van der Waals surface area contributed by atoms with Crippen molar-refractivity contribution in [3.8, 4) is 0 Å². The maximum Gasteiger partial charge on any atom is 0.270 e. The van der Waals surface area contributed by atoms with Gasteiger partial charge < -0.3 is 9.64 Å². The van der Waals surface area contributed by atoms with Crippen LogP contribution in [0.1, 0.15) is 30.1 Å². The van der Waals surface area contributed by atoms with Gasteiger partial charge in [-0.05, 0) is 31.9 Å². The average molecular weight is 301 g/mol. The lowest BCUT2D eigenvalue weighted by molar-refractivity contribution is 0.0562. The molecule has 0 unspecified atom stereocenters. The number of hydrogen-bond acceptors (Lipinski definition) is 4. The molecule has 0 aromatic carbocycles. The largest absolute Gasteiger partial charge is 0.380 e. The van der Waals surface area contributed by atoms with Crippen LogP contribution in [-0.4, -0.2) is 46.0 Å². The number of ether oxygens (including phenoxy) is 1. The van der Waals surface area contributed by atoms with Gasteiger partial charge in [0.2, 0.25) is 0 Å². The molecule has 22 heavy (non-hydrogen) atoms. The van der Waals surface area contributed by atoms with E-state index in [4.69, 9.17) is 4.74 Å². The molecule has 1 aliphatic heterocycles. The minimum Gasteiger partial charge on any atom is -0.380 e. The van der Waals surface area contributed by atoms with Crippen LogP contribution in [0.25, 0.3) is 5.65 Å². The topological polar surface area (TPSA) is 63.9 Å². The molecule has 0 N–H and O–H groups in total. The summed E-state index contributed by atoms with van der Waals surface area (Å²) in [6, 6.07) is 5.34. The molecule has 2 aromatic heterocycles. The number of carbonyl (C=O) groups is 1. The summed E-state index contributed by atoms with van der Waals surface area (Å²) in [6.07, 6.45) is 4.86. The Morgan fingerprint density at radius 2 is 2.32 bits per heavy atom. The Morgan fingerprint density at radius 1 is 1.45 bits per heavy atom. The van der Waals surface area contributed by atoms with E-state index in [-0.39, 0.29) is 23.1 Å². The van der Waals surface area contributed by atoms with Crippen molar-refractivity contribution < 1.29 is 9.53 Å². The van der Waals surface area contributed by atoms with Gasteiger partial charge in [-0.3, -0.25) is 14.0 Å². The van der Waals surface area contributed by atoms with E-state index in [2.05, 4.69) is 4.98 Å². The zero-order valence-electron chi connectivity index (χ0n) is 12.6. The van der Waals surface area contributed by atoms with E-state index in [1.54, 1.807) is 23.2 Å². The molecule has 1 fully saturated rings. The molecule has 3 rings (SSSR count). The van der Waals surface area contributed by atoms with E-state index in [9.17, 15) is 9.59 Å². The number of pyridine rings is 1. The summed E-state index contributed by atoms with van der Waals surface area (Å²) in [5.74, 6) is -0.252. The molecule has 1 amide bonds. The first kappa shape index (κ1) is 14.7. The fourth-order valence-corrected chi connectivity index (χ4v) is 2.86. The summed E-state index contributed by atoms with van der Waals surface area (Å²) in [4.78, 5) is 31.1. The van der Waals surface area contributed by atoms with Crippen LogP contribution in [0, 0.1) is 0 Å². The zero-order chi connectivity index (χ0) is 15.5. The highest BCUT2D eigenvalue weighted by molar-refractivity contribution is 5.94. The summed E-state index contributed by atoms with van der Waals surface area (Å²) >= 11 is 0. The second kappa shape index (κ2) is 6.27. The van der Waals surface area contributed by atoms with E-state index in [0.717, 1.165) is 12.8 Å². The molecular weight excluding hydrogens is 282 g/mol. The number of carbonyl (C=O) groups excluding carboxylic acids is 1. The highest BCUT2D eigenvalue weighted by Gasteiger charge is 2.31. The van der Waals surface area contributed by atoms with Gasteiger partial charge in [0.15, 0.2) is 0 Å². The first-order valence-electron chi connectivity index (χ1n) is 7.57. The van der Waals surface area contributed by atoms with Crippen LogP contribution in [0.2, 0.25) is 0 Å². The van der Waals surface area contributed by atoms with Gasteiger partial charge in [0.25, 0.3) is 11.5 Å². The Morgan fingerprint density at radius 3 is 3.14 bits per heavy atom. The first-order valence-corrected chi connectivity index (χ1v) is 7.57. The summed E-state index contributed by atoms with van der Waals surface area (Å²) < 4.78 is 6.84. The highest BCUT2D eigenvalue weighted by Crippen LogP contribution is 2.19. The Bertz CT molecular complexity index is 741. The number of hydrogen-bond donors (Lipinski definition) is 0. The molecule has 0 bridgehead atoms. The quantitative estimate of drug-likeness (QED) is 0.855. The third-order valence-corrected chi connectivity index (χ3v) is 4.00. The first-order chi connectivity index (χ1) is 10.7. The van der Waals surface area contributed by atoms with Gasteiger partial charge >= 0.3 is 0 Å². The van der Waals surface area contributed by atoms with Crippen LogP contribution in [-0.2, 0) is 4.74 Å². The van der Waals surface area contributed by atoms with E-state index in [1.165, 1.54) is 10.6 Å². The number of amides is 1. The molecule has 1 saturated heterocycles. The second-order valence-electron chi connectivity index (χ2n) is 5.36. The lowest BCUT2D eigenvalue weighted by atomic mass is 10.2. The van der Waals surface area contributed by atoms with Gasteiger partial charge in [0.05, 0.1) is 12.6 Å². The van der Waals surface area contributed by atoms with Crippen molar-refractivity contribution in [2.45, 2.75) is 25.8 Å². The third-order valence-electron chi connectivity index (χ3n) is 4.00. The van der Waals surface area contributed by atoms with Crippen molar-refractivity contribution in [1.82, 2.24) is 14.3 Å². The van der Waals surface area contributed by atoms with E-state index >= 15 is 0 Å². The molecule has 0 radical (unpaired) electrons. The van der Waals surface area contributed by atoms with Crippen LogP contribution in [0.4, 0.5) is 0 Å². The summed E-state index contributed by atoms with van der Waals surface area (Å²) in [7, 11) is 0. The number of rotatable bonds is 4. The number of nitrogens with zero attached hydrogens (tertiary/aromatic N) is 3. The normalized spacial score (nSPS) is 18.0. The van der Waals surface area contributed by atoms with Gasteiger partial charge in [-0.1, -0.05) is 6.07 Å². The number of likely N-dealkylation sites (tertiary alicyclic amines) is 1. The molecule has 1 aliphatic rings. The molecule has 6 heteroatoms. The Kier molecular flexibility index (Phi) is 4.20. The van der Waals surface area contributed by atoms with Gasteiger partial charge in [-0.25, -0.2) is 4.98 Å². The van der Waals surface area contributed by atoms with Crippen molar-refractivity contribution in [3.05, 3.63) is 46.5 Å². The van der Waals surface area contributed by atoms with Crippen molar-refractivity contribution in [1.29, 1.82) is 0 Å². The maximum absolute atomic E-state index is 12.7. The van der Waals surface area contributed by atoms with Crippen molar-refractivity contribution in [2.24, 2.45) is 0 Å². The Hall–Kier alpha value is -2.21. The van der Waals surface area contributed by atoms with Gasteiger partial charge in [0, 0.05) is 25.5 Å². The molecule has 0 saturated carbocycles. The summed E-state index contributed by atoms with van der Waals surface area (Å²) in [5, 5.41) is 0. The van der Waals surface area contributed by atoms with Crippen LogP contribution in [0.3, 0.4) is 0 Å². The van der Waals surface area contributed by atoms with Gasteiger partial charge in [0.1, 0.15) is 11.2 Å². The third kappa shape index (κ3) is 2.62. The Labute approximate surface area is 128 Å². The van der Waals surface area contributed by atoms with Crippen molar-refractivity contribution >= 4 is 11.6 Å². The van der Waals surface area contributed by atoms with E-state index < -0.39 is 0 Å². The summed E-state index contributed by atoms with van der Waals surface area (Å²) in [6.45, 7) is 3.73. The minimum atomic E-state index is -0.322. The summed E-state index contributed by atoms with van der Waals surface area (Å²) in [5.41, 5.74) is 0.334. The Balaban J connectivity index is 1.92. The molecule has 1 atom stereocenters. The monoisotopic (exact) mass is 301 g/mol. The van der Waals surface area contributed by atoms with Crippen LogP contribution >= 0.6 is 0 Å². The smallest absolute Gasteiger partial charge is 0.270 e. The second-order valence-corrected chi connectivity index (χ2v) is 5.36. The lowest BCUT2D eigenvalue weighted by Gasteiger charge is -2.24. The molecule has 2 aromatic rings. The molecule has 0 aliphatic carbocycles. The molecule has 0 spiro atoms. The minimum absolute atomic E-state index is 0.0447. The molecular formula is C16H19N3O3. The molecule has 3 heterocycles. The van der Waals surface area contributed by atoms with Crippen molar-refractivity contribution in [3.63, 3.8) is 0 Å². The SMILES string of the molecule is CCOC[C@H]1CCCN1C(=O)c1cnc2ccccn2c1=O. The lowest BCUT2D eigenvalue weighted by Crippen LogP contribution is -2.41. The zero-order valence-corrected chi connectivity index (χ0v) is 12.6. The standard InChI is InChI=1S/C16H19N3O3/c1-2-22-11-12-6-5-9-18(12)15(20)13-10-17-14-7-3-4-8-19(14)16(13)21/h3-4,7-8,10,12H,2,5-6,9,11H2,1H3/t12-/m1/s1. The maximum atomic E-state index is 12.7. The number of fused-ring (bicyclic) bond motifs is 1. The molecule has 116 valence electrons. The van der Waals surface area contributed by atoms with Gasteiger partial charge in [-0.2, -0.15) is 0 Å². The van der Waals surface area contributed by atoms with Crippen LogP contribution in [0.15, 0.2) is 35.4 Å². The molecule has 6 nitrogen and oxygen atoms in total. The number of aromatic nitrogens is 2. The van der Waals surface area contributed by atoms with Crippen molar-refractivity contribution in [2.75, 3.05) is 19.8 Å². The van der Waals surface area contributed by atoms with Gasteiger partial charge in [-0.15, -0.1) is 0 Å². The predicted octanol–water partition coefficient (Wildman–Crippen LogP) is 1.34. The predicted molar refractivity (Wildman–Crippen MR) is 82.0 cm³/mol.